The first-order chi connectivity index (χ1) is 14.2. The van der Waals surface area contributed by atoms with Crippen molar-refractivity contribution in [2.75, 3.05) is 19.5 Å². The van der Waals surface area contributed by atoms with Crippen LogP contribution >= 0.6 is 23.4 Å². The number of pyridine rings is 1. The van der Waals surface area contributed by atoms with E-state index in [4.69, 9.17) is 26.4 Å². The zero-order valence-electron chi connectivity index (χ0n) is 17.3. The summed E-state index contributed by atoms with van der Waals surface area (Å²) >= 11 is 8.29. The van der Waals surface area contributed by atoms with E-state index >= 15 is 0 Å². The number of allylic oxidation sites excluding steroid dienone is 1. The molecule has 29 heavy (non-hydrogen) atoms. The summed E-state index contributed by atoms with van der Waals surface area (Å²) < 4.78 is 5.54. The number of methoxy groups -OCH3 is 1. The van der Waals surface area contributed by atoms with E-state index in [1.54, 1.807) is 18.9 Å². The molecule has 0 unspecified atom stereocenters. The molecule has 1 aromatic carbocycles. The van der Waals surface area contributed by atoms with Gasteiger partial charge in [0.05, 0.1) is 17.8 Å². The van der Waals surface area contributed by atoms with Gasteiger partial charge in [-0.15, -0.1) is 11.8 Å². The second-order valence-electron chi connectivity index (χ2n) is 7.41. The fourth-order valence-corrected chi connectivity index (χ4v) is 4.99. The van der Waals surface area contributed by atoms with Gasteiger partial charge in [0.1, 0.15) is 0 Å². The molecule has 2 aromatic rings. The number of nitrogens with zero attached hydrogens (tertiary/aromatic N) is 1. The molecule has 1 aromatic heterocycles. The Morgan fingerprint density at radius 3 is 2.72 bits per heavy atom. The minimum Gasteiger partial charge on any atom is -0.481 e. The van der Waals surface area contributed by atoms with E-state index in [9.17, 15) is 0 Å². The molecular weight excluding hydrogens is 402 g/mol. The number of aromatic nitrogens is 1. The second-order valence-corrected chi connectivity index (χ2v) is 8.96. The van der Waals surface area contributed by atoms with E-state index in [2.05, 4.69) is 37.3 Å². The molecule has 1 aliphatic rings. The van der Waals surface area contributed by atoms with Gasteiger partial charge >= 0.3 is 0 Å². The van der Waals surface area contributed by atoms with Crippen LogP contribution in [0.3, 0.4) is 0 Å². The Bertz CT molecular complexity index is 847. The van der Waals surface area contributed by atoms with E-state index in [0.29, 0.717) is 11.8 Å². The van der Waals surface area contributed by atoms with E-state index in [-0.39, 0.29) is 6.61 Å². The van der Waals surface area contributed by atoms with Crippen molar-refractivity contribution in [3.63, 3.8) is 0 Å². The van der Waals surface area contributed by atoms with Crippen molar-refractivity contribution in [1.29, 1.82) is 0 Å². The molecule has 0 saturated heterocycles. The first-order valence-electron chi connectivity index (χ1n) is 10.5. The zero-order chi connectivity index (χ0) is 20.6. The third kappa shape index (κ3) is 5.78. The van der Waals surface area contributed by atoms with Gasteiger partial charge in [-0.25, -0.2) is 4.98 Å². The second kappa shape index (κ2) is 11.1. The number of ether oxygens (including phenoxy) is 1. The Morgan fingerprint density at radius 2 is 2.07 bits per heavy atom. The molecule has 3 nitrogen and oxygen atoms in total. The van der Waals surface area contributed by atoms with Crippen molar-refractivity contribution < 1.29 is 9.84 Å². The third-order valence-corrected chi connectivity index (χ3v) is 6.98. The van der Waals surface area contributed by atoms with Gasteiger partial charge in [-0.3, -0.25) is 0 Å². The molecular formula is C24H30ClNO2S. The molecule has 1 fully saturated rings. The van der Waals surface area contributed by atoms with Crippen LogP contribution in [-0.4, -0.2) is 29.6 Å². The summed E-state index contributed by atoms with van der Waals surface area (Å²) in [4.78, 5) is 5.88. The first kappa shape index (κ1) is 22.2. The van der Waals surface area contributed by atoms with Crippen LogP contribution in [0.25, 0.3) is 5.57 Å². The number of hydrogen-bond donors (Lipinski definition) is 1. The van der Waals surface area contributed by atoms with Crippen molar-refractivity contribution in [1.82, 2.24) is 4.98 Å². The fraction of sp³-hybridized carbons (Fsp3) is 0.458. The van der Waals surface area contributed by atoms with E-state index in [1.807, 2.05) is 6.07 Å². The van der Waals surface area contributed by atoms with Crippen LogP contribution in [0.5, 0.6) is 5.88 Å². The summed E-state index contributed by atoms with van der Waals surface area (Å²) in [5, 5.41) is 9.75. The number of aryl methyl sites for hydroxylation is 1. The molecule has 1 aliphatic carbocycles. The molecule has 0 radical (unpaired) electrons. The largest absolute Gasteiger partial charge is 0.481 e. The highest BCUT2D eigenvalue weighted by Gasteiger charge is 2.18. The Kier molecular flexibility index (Phi) is 8.46. The SMILES string of the molecule is CCc1ccc(/C(=C/C2CCCC2)c2ccc(SCCCO)c(Cl)c2)nc1OC. The molecule has 1 N–H and O–H groups in total. The molecule has 0 spiro atoms. The Labute approximate surface area is 183 Å². The summed E-state index contributed by atoms with van der Waals surface area (Å²) in [6.45, 7) is 2.32. The van der Waals surface area contributed by atoms with Crippen LogP contribution in [0.15, 0.2) is 41.3 Å². The maximum atomic E-state index is 9.00. The van der Waals surface area contributed by atoms with Crippen LogP contribution in [0, 0.1) is 5.92 Å². The molecule has 5 heteroatoms. The lowest BCUT2D eigenvalue weighted by molar-refractivity contribution is 0.296. The summed E-state index contributed by atoms with van der Waals surface area (Å²) in [5.74, 6) is 2.14. The van der Waals surface area contributed by atoms with Crippen LogP contribution in [-0.2, 0) is 6.42 Å². The highest BCUT2D eigenvalue weighted by molar-refractivity contribution is 7.99. The van der Waals surface area contributed by atoms with Crippen molar-refractivity contribution in [3.05, 3.63) is 58.3 Å². The number of aliphatic hydroxyl groups excluding tert-OH is 1. The fourth-order valence-electron chi connectivity index (χ4n) is 3.79. The lowest BCUT2D eigenvalue weighted by Gasteiger charge is -2.15. The summed E-state index contributed by atoms with van der Waals surface area (Å²) in [5.41, 5.74) is 4.27. The molecule has 0 aliphatic heterocycles. The lowest BCUT2D eigenvalue weighted by Crippen LogP contribution is -2.01. The van der Waals surface area contributed by atoms with E-state index in [1.165, 1.54) is 25.7 Å². The Balaban J connectivity index is 1.97. The summed E-state index contributed by atoms with van der Waals surface area (Å²) in [7, 11) is 1.68. The Morgan fingerprint density at radius 1 is 1.28 bits per heavy atom. The van der Waals surface area contributed by atoms with Crippen molar-refractivity contribution in [3.8, 4) is 5.88 Å². The number of rotatable bonds is 9. The van der Waals surface area contributed by atoms with Crippen molar-refractivity contribution in [2.24, 2.45) is 5.92 Å². The predicted molar refractivity (Wildman–Crippen MR) is 123 cm³/mol. The maximum Gasteiger partial charge on any atom is 0.216 e. The van der Waals surface area contributed by atoms with Gasteiger partial charge in [0.15, 0.2) is 0 Å². The molecule has 0 amide bonds. The number of hydrogen-bond acceptors (Lipinski definition) is 4. The van der Waals surface area contributed by atoms with Gasteiger partial charge in [0.2, 0.25) is 5.88 Å². The lowest BCUT2D eigenvalue weighted by atomic mass is 9.95. The quantitative estimate of drug-likeness (QED) is 0.368. The highest BCUT2D eigenvalue weighted by atomic mass is 35.5. The third-order valence-electron chi connectivity index (χ3n) is 5.39. The van der Waals surface area contributed by atoms with Gasteiger partial charge in [-0.1, -0.05) is 49.6 Å². The number of thioether (sulfide) groups is 1. The molecule has 156 valence electrons. The van der Waals surface area contributed by atoms with Crippen LogP contribution in [0.2, 0.25) is 5.02 Å². The van der Waals surface area contributed by atoms with Gasteiger partial charge in [0, 0.05) is 28.4 Å². The van der Waals surface area contributed by atoms with Gasteiger partial charge < -0.3 is 9.84 Å². The van der Waals surface area contributed by atoms with E-state index < -0.39 is 0 Å². The monoisotopic (exact) mass is 431 g/mol. The number of aliphatic hydroxyl groups is 1. The van der Waals surface area contributed by atoms with E-state index in [0.717, 1.165) is 50.9 Å². The summed E-state index contributed by atoms with van der Waals surface area (Å²) in [6, 6.07) is 10.5. The summed E-state index contributed by atoms with van der Waals surface area (Å²) in [6.07, 6.45) is 9.09. The molecule has 1 saturated carbocycles. The Hall–Kier alpha value is -1.49. The minimum absolute atomic E-state index is 0.207. The number of halogens is 1. The van der Waals surface area contributed by atoms with Crippen LogP contribution in [0.4, 0.5) is 0 Å². The van der Waals surface area contributed by atoms with Gasteiger partial charge in [-0.2, -0.15) is 0 Å². The molecule has 1 heterocycles. The zero-order valence-corrected chi connectivity index (χ0v) is 18.9. The predicted octanol–water partition coefficient (Wildman–Crippen LogP) is 6.40. The topological polar surface area (TPSA) is 42.4 Å². The average molecular weight is 432 g/mol. The average Bonchev–Trinajstić information content (AvgIpc) is 3.26. The molecule has 0 bridgehead atoms. The first-order valence-corrected chi connectivity index (χ1v) is 11.8. The minimum atomic E-state index is 0.207. The number of benzene rings is 1. The van der Waals surface area contributed by atoms with Gasteiger partial charge in [-0.05, 0) is 55.4 Å². The van der Waals surface area contributed by atoms with Crippen LogP contribution < -0.4 is 4.74 Å². The van der Waals surface area contributed by atoms with Crippen molar-refractivity contribution in [2.45, 2.75) is 50.3 Å². The van der Waals surface area contributed by atoms with Crippen molar-refractivity contribution >= 4 is 28.9 Å². The molecule has 0 atom stereocenters. The molecule has 3 rings (SSSR count). The normalized spacial score (nSPS) is 15.1. The smallest absolute Gasteiger partial charge is 0.216 e. The van der Waals surface area contributed by atoms with Gasteiger partial charge in [0.25, 0.3) is 0 Å². The standard InChI is InChI=1S/C24H30ClNO2S/c1-3-18-9-11-22(26-24(18)28-2)20(15-17-7-4-5-8-17)19-10-12-23(21(25)16-19)29-14-6-13-27/h9-12,15-17,27H,3-8,13-14H2,1-2H3/b20-15+. The van der Waals surface area contributed by atoms with Crippen LogP contribution in [0.1, 0.15) is 55.8 Å². The highest BCUT2D eigenvalue weighted by Crippen LogP contribution is 2.36. The maximum absolute atomic E-state index is 9.00.